The van der Waals surface area contributed by atoms with E-state index in [1.165, 1.54) is 19.1 Å². The highest BCUT2D eigenvalue weighted by Crippen LogP contribution is 2.23. The number of hydrogen-bond donors (Lipinski definition) is 2. The van der Waals surface area contributed by atoms with Gasteiger partial charge in [0, 0.05) is 30.6 Å². The lowest BCUT2D eigenvalue weighted by molar-refractivity contribution is -0.384. The number of hydrogen-bond acceptors (Lipinski definition) is 6. The number of non-ortho nitro benzene ring substituents is 1. The second kappa shape index (κ2) is 7.91. The standard InChI is InChI=1S/C17H17N3O5/c1-11(16(21)19-12-6-4-3-5-7-12)25-17(22)14-10-13(20(23)24)8-9-15(14)18-2/h3-11,18H,1-2H3,(H,19,21)/t11-/m0/s1. The topological polar surface area (TPSA) is 111 Å². The molecule has 0 aliphatic rings. The average molecular weight is 343 g/mol. The van der Waals surface area contributed by atoms with Crippen molar-refractivity contribution >= 4 is 28.9 Å². The first-order valence-electron chi connectivity index (χ1n) is 7.45. The molecule has 2 N–H and O–H groups in total. The zero-order chi connectivity index (χ0) is 18.4. The Morgan fingerprint density at radius 2 is 1.84 bits per heavy atom. The lowest BCUT2D eigenvalue weighted by Crippen LogP contribution is -2.30. The minimum Gasteiger partial charge on any atom is -0.449 e. The lowest BCUT2D eigenvalue weighted by atomic mass is 10.1. The number of esters is 1. The molecular weight excluding hydrogens is 326 g/mol. The molecule has 0 saturated heterocycles. The second-order valence-corrected chi connectivity index (χ2v) is 5.14. The van der Waals surface area contributed by atoms with Crippen LogP contribution in [0.4, 0.5) is 17.1 Å². The molecule has 1 atom stereocenters. The minimum absolute atomic E-state index is 0.0175. The zero-order valence-corrected chi connectivity index (χ0v) is 13.7. The number of nitro benzene ring substituents is 1. The third kappa shape index (κ3) is 4.54. The molecule has 130 valence electrons. The van der Waals surface area contributed by atoms with Crippen molar-refractivity contribution in [3.63, 3.8) is 0 Å². The highest BCUT2D eigenvalue weighted by Gasteiger charge is 2.22. The summed E-state index contributed by atoms with van der Waals surface area (Å²) in [4.78, 5) is 34.7. The predicted molar refractivity (Wildman–Crippen MR) is 92.6 cm³/mol. The van der Waals surface area contributed by atoms with Gasteiger partial charge in [-0.05, 0) is 25.1 Å². The summed E-state index contributed by atoms with van der Waals surface area (Å²) < 4.78 is 5.13. The molecule has 8 heteroatoms. The number of rotatable bonds is 6. The van der Waals surface area contributed by atoms with E-state index in [0.29, 0.717) is 11.4 Å². The monoisotopic (exact) mass is 343 g/mol. The van der Waals surface area contributed by atoms with Crippen LogP contribution in [-0.4, -0.2) is 30.0 Å². The number of nitro groups is 1. The maximum absolute atomic E-state index is 12.3. The second-order valence-electron chi connectivity index (χ2n) is 5.14. The Balaban J connectivity index is 2.11. The van der Waals surface area contributed by atoms with Gasteiger partial charge in [-0.25, -0.2) is 4.79 Å². The number of carbonyl (C=O) groups is 2. The van der Waals surface area contributed by atoms with Crippen molar-refractivity contribution in [1.82, 2.24) is 0 Å². The van der Waals surface area contributed by atoms with Crippen LogP contribution >= 0.6 is 0 Å². The first kappa shape index (κ1) is 17.9. The number of nitrogens with zero attached hydrogens (tertiary/aromatic N) is 1. The average Bonchev–Trinajstić information content (AvgIpc) is 2.61. The third-order valence-corrected chi connectivity index (χ3v) is 3.40. The van der Waals surface area contributed by atoms with Crippen LogP contribution in [0.5, 0.6) is 0 Å². The number of nitrogens with one attached hydrogen (secondary N) is 2. The smallest absolute Gasteiger partial charge is 0.341 e. The molecule has 0 aliphatic carbocycles. The molecule has 1 amide bonds. The van der Waals surface area contributed by atoms with Crippen molar-refractivity contribution < 1.29 is 19.2 Å². The molecule has 2 aromatic rings. The molecule has 2 aromatic carbocycles. The minimum atomic E-state index is -1.07. The molecule has 8 nitrogen and oxygen atoms in total. The van der Waals surface area contributed by atoms with Crippen LogP contribution in [0, 0.1) is 10.1 Å². The fourth-order valence-corrected chi connectivity index (χ4v) is 2.08. The molecule has 0 aromatic heterocycles. The summed E-state index contributed by atoms with van der Waals surface area (Å²) in [7, 11) is 1.57. The van der Waals surface area contributed by atoms with Crippen molar-refractivity contribution in [2.24, 2.45) is 0 Å². The Hall–Kier alpha value is -3.42. The van der Waals surface area contributed by atoms with E-state index in [1.807, 2.05) is 0 Å². The van der Waals surface area contributed by atoms with Crippen molar-refractivity contribution in [3.05, 3.63) is 64.2 Å². The molecule has 0 fully saturated rings. The van der Waals surface area contributed by atoms with Crippen LogP contribution in [-0.2, 0) is 9.53 Å². The predicted octanol–water partition coefficient (Wildman–Crippen LogP) is 2.82. The Bertz CT molecular complexity index is 792. The van der Waals surface area contributed by atoms with Gasteiger partial charge in [-0.15, -0.1) is 0 Å². The van der Waals surface area contributed by atoms with Crippen molar-refractivity contribution in [2.45, 2.75) is 13.0 Å². The van der Waals surface area contributed by atoms with Crippen LogP contribution in [0.1, 0.15) is 17.3 Å². The molecule has 0 spiro atoms. The summed E-state index contributed by atoms with van der Waals surface area (Å²) in [6, 6.07) is 12.5. The van der Waals surface area contributed by atoms with Gasteiger partial charge in [-0.3, -0.25) is 14.9 Å². The molecule has 0 unspecified atom stereocenters. The van der Waals surface area contributed by atoms with E-state index in [4.69, 9.17) is 4.74 Å². The SMILES string of the molecule is CNc1ccc([N+](=O)[O-])cc1C(=O)O[C@@H](C)C(=O)Nc1ccccc1. The van der Waals surface area contributed by atoms with Gasteiger partial charge in [-0.1, -0.05) is 18.2 Å². The third-order valence-electron chi connectivity index (χ3n) is 3.40. The molecule has 2 rings (SSSR count). The maximum atomic E-state index is 12.3. The summed E-state index contributed by atoms with van der Waals surface area (Å²) >= 11 is 0. The van der Waals surface area contributed by atoms with Crippen molar-refractivity contribution in [2.75, 3.05) is 17.7 Å². The van der Waals surface area contributed by atoms with E-state index in [2.05, 4.69) is 10.6 Å². The molecule has 0 bridgehead atoms. The molecular formula is C17H17N3O5. The van der Waals surface area contributed by atoms with E-state index in [9.17, 15) is 19.7 Å². The van der Waals surface area contributed by atoms with Gasteiger partial charge < -0.3 is 15.4 Å². The number of amides is 1. The van der Waals surface area contributed by atoms with Crippen LogP contribution in [0.15, 0.2) is 48.5 Å². The van der Waals surface area contributed by atoms with E-state index >= 15 is 0 Å². The van der Waals surface area contributed by atoms with Gasteiger partial charge in [0.15, 0.2) is 6.10 Å². The van der Waals surface area contributed by atoms with Gasteiger partial charge in [0.05, 0.1) is 10.5 Å². The molecule has 0 heterocycles. The van der Waals surface area contributed by atoms with Gasteiger partial charge in [-0.2, -0.15) is 0 Å². The van der Waals surface area contributed by atoms with Crippen LogP contribution in [0.3, 0.4) is 0 Å². The maximum Gasteiger partial charge on any atom is 0.341 e. The fraction of sp³-hybridized carbons (Fsp3) is 0.176. The van der Waals surface area contributed by atoms with E-state index in [-0.39, 0.29) is 11.3 Å². The largest absolute Gasteiger partial charge is 0.449 e. The lowest BCUT2D eigenvalue weighted by Gasteiger charge is -2.15. The fourth-order valence-electron chi connectivity index (χ4n) is 2.08. The van der Waals surface area contributed by atoms with Crippen molar-refractivity contribution in [1.29, 1.82) is 0 Å². The van der Waals surface area contributed by atoms with Gasteiger partial charge in [0.25, 0.3) is 11.6 Å². The number of para-hydroxylation sites is 1. The molecule has 0 saturated carbocycles. The number of carbonyl (C=O) groups excluding carboxylic acids is 2. The van der Waals surface area contributed by atoms with Gasteiger partial charge in [0.1, 0.15) is 0 Å². The Morgan fingerprint density at radius 3 is 2.44 bits per heavy atom. The normalized spacial score (nSPS) is 11.3. The quantitative estimate of drug-likeness (QED) is 0.474. The van der Waals surface area contributed by atoms with Crippen molar-refractivity contribution in [3.8, 4) is 0 Å². The first-order chi connectivity index (χ1) is 11.9. The zero-order valence-electron chi connectivity index (χ0n) is 13.7. The van der Waals surface area contributed by atoms with Crippen LogP contribution in [0.2, 0.25) is 0 Å². The van der Waals surface area contributed by atoms with Gasteiger partial charge in [0.2, 0.25) is 0 Å². The summed E-state index contributed by atoms with van der Waals surface area (Å²) in [5.41, 5.74) is 0.677. The Morgan fingerprint density at radius 1 is 1.16 bits per heavy atom. The summed E-state index contributed by atoms with van der Waals surface area (Å²) in [5, 5.41) is 16.3. The molecule has 0 aliphatic heterocycles. The highest BCUT2D eigenvalue weighted by atomic mass is 16.6. The van der Waals surface area contributed by atoms with Crippen LogP contribution < -0.4 is 10.6 Å². The summed E-state index contributed by atoms with van der Waals surface area (Å²) in [5.74, 6) is -1.33. The number of ether oxygens (including phenoxy) is 1. The highest BCUT2D eigenvalue weighted by molar-refractivity contribution is 6.00. The van der Waals surface area contributed by atoms with Gasteiger partial charge >= 0.3 is 5.97 Å². The summed E-state index contributed by atoms with van der Waals surface area (Å²) in [6.45, 7) is 1.42. The molecule has 25 heavy (non-hydrogen) atoms. The van der Waals surface area contributed by atoms with Crippen LogP contribution in [0.25, 0.3) is 0 Å². The van der Waals surface area contributed by atoms with E-state index < -0.39 is 22.9 Å². The Labute approximate surface area is 144 Å². The number of benzene rings is 2. The van der Waals surface area contributed by atoms with E-state index in [0.717, 1.165) is 6.07 Å². The molecule has 0 radical (unpaired) electrons. The van der Waals surface area contributed by atoms with E-state index in [1.54, 1.807) is 37.4 Å². The number of anilines is 2. The summed E-state index contributed by atoms with van der Waals surface area (Å²) in [6.07, 6.45) is -1.07. The Kier molecular flexibility index (Phi) is 5.67. The first-order valence-corrected chi connectivity index (χ1v) is 7.45.